The lowest BCUT2D eigenvalue weighted by Gasteiger charge is -2.10. The standard InChI is InChI=1S/C24H20N4O4/c1-15-25-24(32-28-15)18-9-7-16(8-10-18)22(29)26-19-13-11-17(12-14-19)23(30)27-20-5-3-4-6-21(20)31-2/h3-14H,1-2H3,(H,26,29)(H,27,30). The minimum atomic E-state index is -0.278. The first kappa shape index (κ1) is 20.8. The van der Waals surface area contributed by atoms with Crippen molar-refractivity contribution in [1.82, 2.24) is 10.1 Å². The fraction of sp³-hybridized carbons (Fsp3) is 0.0833. The second-order valence-corrected chi connectivity index (χ2v) is 6.91. The van der Waals surface area contributed by atoms with Gasteiger partial charge in [-0.25, -0.2) is 0 Å². The average molecular weight is 428 g/mol. The van der Waals surface area contributed by atoms with Gasteiger partial charge in [-0.05, 0) is 67.6 Å². The Kier molecular flexibility index (Phi) is 5.94. The van der Waals surface area contributed by atoms with Crippen LogP contribution in [0.4, 0.5) is 11.4 Å². The van der Waals surface area contributed by atoms with Crippen LogP contribution in [0.2, 0.25) is 0 Å². The van der Waals surface area contributed by atoms with Gasteiger partial charge in [-0.3, -0.25) is 9.59 Å². The Bertz CT molecular complexity index is 1250. The normalized spacial score (nSPS) is 10.4. The van der Waals surface area contributed by atoms with Gasteiger partial charge < -0.3 is 19.9 Å². The monoisotopic (exact) mass is 428 g/mol. The molecule has 0 aliphatic rings. The van der Waals surface area contributed by atoms with E-state index in [2.05, 4.69) is 20.8 Å². The Morgan fingerprint density at radius 1 is 0.844 bits per heavy atom. The van der Waals surface area contributed by atoms with Gasteiger partial charge in [0.15, 0.2) is 5.82 Å². The van der Waals surface area contributed by atoms with Crippen LogP contribution in [0.25, 0.3) is 11.5 Å². The Morgan fingerprint density at radius 2 is 1.47 bits per heavy atom. The van der Waals surface area contributed by atoms with Crippen molar-refractivity contribution in [3.05, 3.63) is 89.7 Å². The molecule has 3 aromatic carbocycles. The first-order valence-electron chi connectivity index (χ1n) is 9.80. The fourth-order valence-electron chi connectivity index (χ4n) is 3.03. The number of benzene rings is 3. The van der Waals surface area contributed by atoms with Crippen LogP contribution < -0.4 is 15.4 Å². The molecule has 0 radical (unpaired) electrons. The summed E-state index contributed by atoms with van der Waals surface area (Å²) in [7, 11) is 1.54. The molecule has 8 nitrogen and oxygen atoms in total. The Morgan fingerprint density at radius 3 is 2.09 bits per heavy atom. The van der Waals surface area contributed by atoms with E-state index >= 15 is 0 Å². The smallest absolute Gasteiger partial charge is 0.257 e. The third kappa shape index (κ3) is 4.65. The molecule has 4 aromatic rings. The molecule has 0 atom stereocenters. The molecule has 1 heterocycles. The third-order valence-electron chi connectivity index (χ3n) is 4.68. The Hall–Kier alpha value is -4.46. The number of anilines is 2. The molecule has 0 saturated carbocycles. The first-order valence-corrected chi connectivity index (χ1v) is 9.80. The number of rotatable bonds is 6. The lowest BCUT2D eigenvalue weighted by molar-refractivity contribution is 0.101. The summed E-state index contributed by atoms with van der Waals surface area (Å²) in [5.41, 5.74) is 2.81. The van der Waals surface area contributed by atoms with E-state index in [-0.39, 0.29) is 11.8 Å². The SMILES string of the molecule is COc1ccccc1NC(=O)c1ccc(NC(=O)c2ccc(-c3nc(C)no3)cc2)cc1. The minimum absolute atomic E-state index is 0.274. The van der Waals surface area contributed by atoms with Crippen molar-refractivity contribution < 1.29 is 18.8 Å². The number of hydrogen-bond acceptors (Lipinski definition) is 6. The van der Waals surface area contributed by atoms with Crippen molar-refractivity contribution in [3.8, 4) is 17.2 Å². The molecule has 0 unspecified atom stereocenters. The van der Waals surface area contributed by atoms with Crippen LogP contribution in [0.1, 0.15) is 26.5 Å². The van der Waals surface area contributed by atoms with Gasteiger partial charge in [0.05, 0.1) is 12.8 Å². The first-order chi connectivity index (χ1) is 15.5. The zero-order chi connectivity index (χ0) is 22.5. The van der Waals surface area contributed by atoms with Crippen LogP contribution in [0, 0.1) is 6.92 Å². The molecule has 0 bridgehead atoms. The summed E-state index contributed by atoms with van der Waals surface area (Å²) in [5.74, 6) is 0.965. The number of amides is 2. The summed E-state index contributed by atoms with van der Waals surface area (Å²) >= 11 is 0. The molecule has 2 amide bonds. The maximum atomic E-state index is 12.5. The molecule has 0 fully saturated rings. The zero-order valence-electron chi connectivity index (χ0n) is 17.5. The number of hydrogen-bond donors (Lipinski definition) is 2. The van der Waals surface area contributed by atoms with Crippen LogP contribution in [-0.4, -0.2) is 29.1 Å². The fourth-order valence-corrected chi connectivity index (χ4v) is 3.03. The van der Waals surface area contributed by atoms with Crippen molar-refractivity contribution >= 4 is 23.2 Å². The Balaban J connectivity index is 1.40. The zero-order valence-corrected chi connectivity index (χ0v) is 17.5. The van der Waals surface area contributed by atoms with Gasteiger partial charge in [-0.1, -0.05) is 17.3 Å². The molecule has 0 saturated heterocycles. The summed E-state index contributed by atoms with van der Waals surface area (Å²) in [6.45, 7) is 1.74. The van der Waals surface area contributed by atoms with Crippen molar-refractivity contribution in [2.24, 2.45) is 0 Å². The number of methoxy groups -OCH3 is 1. The quantitative estimate of drug-likeness (QED) is 0.466. The maximum absolute atomic E-state index is 12.5. The molecule has 0 spiro atoms. The van der Waals surface area contributed by atoms with E-state index in [1.165, 1.54) is 0 Å². The van der Waals surface area contributed by atoms with Crippen molar-refractivity contribution in [3.63, 3.8) is 0 Å². The molecule has 4 rings (SSSR count). The van der Waals surface area contributed by atoms with Crippen molar-refractivity contribution in [1.29, 1.82) is 0 Å². The topological polar surface area (TPSA) is 106 Å². The van der Waals surface area contributed by atoms with Crippen LogP contribution in [0.15, 0.2) is 77.3 Å². The van der Waals surface area contributed by atoms with Crippen LogP contribution in [-0.2, 0) is 0 Å². The summed E-state index contributed by atoms with van der Waals surface area (Å²) in [5, 5.41) is 9.39. The Labute approximate surface area is 184 Å². The van der Waals surface area contributed by atoms with Gasteiger partial charge in [0.1, 0.15) is 5.75 Å². The number of nitrogens with zero attached hydrogens (tertiary/aromatic N) is 2. The van der Waals surface area contributed by atoms with Gasteiger partial charge in [0, 0.05) is 22.4 Å². The summed E-state index contributed by atoms with van der Waals surface area (Å²) < 4.78 is 10.4. The summed E-state index contributed by atoms with van der Waals surface area (Å²) in [6, 6.07) is 20.6. The summed E-state index contributed by atoms with van der Waals surface area (Å²) in [4.78, 5) is 29.2. The number of aryl methyl sites for hydroxylation is 1. The minimum Gasteiger partial charge on any atom is -0.495 e. The predicted molar refractivity (Wildman–Crippen MR) is 120 cm³/mol. The number of carbonyl (C=O) groups is 2. The molecular formula is C24H20N4O4. The third-order valence-corrected chi connectivity index (χ3v) is 4.68. The second-order valence-electron chi connectivity index (χ2n) is 6.91. The highest BCUT2D eigenvalue weighted by molar-refractivity contribution is 6.06. The van der Waals surface area contributed by atoms with E-state index in [1.54, 1.807) is 74.7 Å². The molecule has 160 valence electrons. The lowest BCUT2D eigenvalue weighted by Crippen LogP contribution is -2.14. The number of para-hydroxylation sites is 2. The average Bonchev–Trinajstić information content (AvgIpc) is 3.26. The molecular weight excluding hydrogens is 408 g/mol. The van der Waals surface area contributed by atoms with Gasteiger partial charge in [-0.2, -0.15) is 4.98 Å². The van der Waals surface area contributed by atoms with Crippen LogP contribution in [0.5, 0.6) is 5.75 Å². The van der Waals surface area contributed by atoms with Crippen molar-refractivity contribution in [2.75, 3.05) is 17.7 Å². The van der Waals surface area contributed by atoms with Gasteiger partial charge in [0.25, 0.3) is 17.7 Å². The number of nitrogens with one attached hydrogen (secondary N) is 2. The number of carbonyl (C=O) groups excluding carboxylic acids is 2. The highest BCUT2D eigenvalue weighted by atomic mass is 16.5. The number of ether oxygens (including phenoxy) is 1. The molecule has 8 heteroatoms. The maximum Gasteiger partial charge on any atom is 0.257 e. The van der Waals surface area contributed by atoms with Gasteiger partial charge in [-0.15, -0.1) is 0 Å². The molecule has 0 aliphatic carbocycles. The van der Waals surface area contributed by atoms with E-state index < -0.39 is 0 Å². The van der Waals surface area contributed by atoms with E-state index in [4.69, 9.17) is 9.26 Å². The number of aromatic nitrogens is 2. The van der Waals surface area contributed by atoms with Crippen molar-refractivity contribution in [2.45, 2.75) is 6.92 Å². The molecule has 2 N–H and O–H groups in total. The van der Waals surface area contributed by atoms with Gasteiger partial charge in [0.2, 0.25) is 0 Å². The van der Waals surface area contributed by atoms with E-state index in [1.807, 2.05) is 12.1 Å². The second kappa shape index (κ2) is 9.13. The van der Waals surface area contributed by atoms with E-state index in [9.17, 15) is 9.59 Å². The molecule has 0 aliphatic heterocycles. The van der Waals surface area contributed by atoms with E-state index in [0.29, 0.717) is 40.0 Å². The van der Waals surface area contributed by atoms with Crippen LogP contribution >= 0.6 is 0 Å². The highest BCUT2D eigenvalue weighted by Gasteiger charge is 2.12. The van der Waals surface area contributed by atoms with Gasteiger partial charge >= 0.3 is 0 Å². The lowest BCUT2D eigenvalue weighted by atomic mass is 10.1. The highest BCUT2D eigenvalue weighted by Crippen LogP contribution is 2.24. The van der Waals surface area contributed by atoms with E-state index in [0.717, 1.165) is 5.56 Å². The molecule has 1 aromatic heterocycles. The van der Waals surface area contributed by atoms with Crippen LogP contribution in [0.3, 0.4) is 0 Å². The molecule has 32 heavy (non-hydrogen) atoms. The summed E-state index contributed by atoms with van der Waals surface area (Å²) in [6.07, 6.45) is 0. The largest absolute Gasteiger partial charge is 0.495 e. The predicted octanol–water partition coefficient (Wildman–Crippen LogP) is 4.56.